The molecule has 1 fully saturated rings. The number of carbonyl (C=O) groups is 2. The molecule has 120 valence electrons. The molecule has 1 saturated carbocycles. The summed E-state index contributed by atoms with van der Waals surface area (Å²) in [6.07, 6.45) is 5.15. The van der Waals surface area contributed by atoms with Crippen molar-refractivity contribution in [1.29, 1.82) is 0 Å². The Morgan fingerprint density at radius 1 is 1.23 bits per heavy atom. The van der Waals surface area contributed by atoms with Crippen LogP contribution in [0.3, 0.4) is 0 Å². The molecule has 0 heterocycles. The molecule has 0 spiro atoms. The zero-order valence-electron chi connectivity index (χ0n) is 12.5. The monoisotopic (exact) mass is 306 g/mol. The van der Waals surface area contributed by atoms with E-state index in [2.05, 4.69) is 10.6 Å². The standard InChI is InChI=1S/C16H22N2O4/c19-15(20)10-5-11-17-16(21)18-13-8-3-4-9-14(13)22-12-6-1-2-7-12/h3-4,8-9,12H,1-2,5-7,10-11H2,(H,19,20)(H2,17,18,21). The summed E-state index contributed by atoms with van der Waals surface area (Å²) in [4.78, 5) is 22.2. The Morgan fingerprint density at radius 2 is 1.95 bits per heavy atom. The summed E-state index contributed by atoms with van der Waals surface area (Å²) in [5, 5.41) is 13.9. The molecule has 3 N–H and O–H groups in total. The first-order valence-corrected chi connectivity index (χ1v) is 7.67. The zero-order valence-corrected chi connectivity index (χ0v) is 12.5. The number of aliphatic carboxylic acids is 1. The topological polar surface area (TPSA) is 87.7 Å². The van der Waals surface area contributed by atoms with Gasteiger partial charge in [0.15, 0.2) is 0 Å². The summed E-state index contributed by atoms with van der Waals surface area (Å²) < 4.78 is 5.94. The van der Waals surface area contributed by atoms with Crippen molar-refractivity contribution in [3.63, 3.8) is 0 Å². The van der Waals surface area contributed by atoms with Gasteiger partial charge in [0.05, 0.1) is 11.8 Å². The number of carbonyl (C=O) groups excluding carboxylic acids is 1. The number of carboxylic acid groups (broad SMARTS) is 1. The summed E-state index contributed by atoms with van der Waals surface area (Å²) in [5.74, 6) is -0.187. The van der Waals surface area contributed by atoms with E-state index >= 15 is 0 Å². The van der Waals surface area contributed by atoms with Crippen molar-refractivity contribution >= 4 is 17.7 Å². The fourth-order valence-corrected chi connectivity index (χ4v) is 2.47. The Kier molecular flexibility index (Phi) is 6.06. The van der Waals surface area contributed by atoms with E-state index in [0.717, 1.165) is 12.8 Å². The van der Waals surface area contributed by atoms with Gasteiger partial charge in [-0.25, -0.2) is 4.79 Å². The van der Waals surface area contributed by atoms with E-state index in [4.69, 9.17) is 9.84 Å². The minimum atomic E-state index is -0.863. The van der Waals surface area contributed by atoms with Crippen molar-refractivity contribution in [1.82, 2.24) is 5.32 Å². The number of hydrogen-bond donors (Lipinski definition) is 3. The molecule has 2 amide bonds. The molecule has 22 heavy (non-hydrogen) atoms. The van der Waals surface area contributed by atoms with Crippen molar-refractivity contribution in [2.75, 3.05) is 11.9 Å². The van der Waals surface area contributed by atoms with Gasteiger partial charge in [0, 0.05) is 13.0 Å². The molecule has 1 aliphatic rings. The molecule has 0 radical (unpaired) electrons. The number of para-hydroxylation sites is 2. The lowest BCUT2D eigenvalue weighted by atomic mass is 10.2. The number of hydrogen-bond acceptors (Lipinski definition) is 3. The first-order chi connectivity index (χ1) is 10.6. The van der Waals surface area contributed by atoms with Crippen molar-refractivity contribution in [3.05, 3.63) is 24.3 Å². The molecule has 0 aromatic heterocycles. The van der Waals surface area contributed by atoms with Gasteiger partial charge in [0.25, 0.3) is 0 Å². The van der Waals surface area contributed by atoms with Crippen LogP contribution in [0.5, 0.6) is 5.75 Å². The minimum Gasteiger partial charge on any atom is -0.488 e. The van der Waals surface area contributed by atoms with Gasteiger partial charge in [0.1, 0.15) is 5.75 Å². The van der Waals surface area contributed by atoms with Crippen LogP contribution < -0.4 is 15.4 Å². The summed E-state index contributed by atoms with van der Waals surface area (Å²) in [6.45, 7) is 0.323. The lowest BCUT2D eigenvalue weighted by Gasteiger charge is -2.17. The van der Waals surface area contributed by atoms with Crippen LogP contribution in [0.1, 0.15) is 38.5 Å². The molecular formula is C16H22N2O4. The molecule has 0 saturated heterocycles. The van der Waals surface area contributed by atoms with Crippen LogP contribution in [0.2, 0.25) is 0 Å². The fourth-order valence-electron chi connectivity index (χ4n) is 2.47. The van der Waals surface area contributed by atoms with Gasteiger partial charge in [-0.1, -0.05) is 12.1 Å². The van der Waals surface area contributed by atoms with Crippen molar-refractivity contribution in [3.8, 4) is 5.75 Å². The quantitative estimate of drug-likeness (QED) is 0.676. The maximum Gasteiger partial charge on any atom is 0.319 e. The maximum atomic E-state index is 11.8. The molecule has 6 heteroatoms. The number of amides is 2. The van der Waals surface area contributed by atoms with E-state index in [-0.39, 0.29) is 18.6 Å². The van der Waals surface area contributed by atoms with E-state index in [1.807, 2.05) is 18.2 Å². The van der Waals surface area contributed by atoms with Crippen molar-refractivity contribution in [2.45, 2.75) is 44.6 Å². The van der Waals surface area contributed by atoms with Gasteiger partial charge in [-0.05, 0) is 44.2 Å². The molecule has 0 bridgehead atoms. The number of benzene rings is 1. The van der Waals surface area contributed by atoms with Crippen LogP contribution in [-0.2, 0) is 4.79 Å². The van der Waals surface area contributed by atoms with E-state index in [9.17, 15) is 9.59 Å². The molecule has 0 atom stereocenters. The normalized spacial score (nSPS) is 14.5. The lowest BCUT2D eigenvalue weighted by molar-refractivity contribution is -0.137. The van der Waals surface area contributed by atoms with Gasteiger partial charge in [-0.15, -0.1) is 0 Å². The maximum absolute atomic E-state index is 11.8. The Bertz CT molecular complexity index is 513. The average molecular weight is 306 g/mol. The van der Waals surface area contributed by atoms with Crippen LogP contribution >= 0.6 is 0 Å². The second-order valence-electron chi connectivity index (χ2n) is 5.40. The van der Waals surface area contributed by atoms with Crippen LogP contribution in [-0.4, -0.2) is 29.8 Å². The molecule has 1 aliphatic carbocycles. The highest BCUT2D eigenvalue weighted by Crippen LogP contribution is 2.29. The van der Waals surface area contributed by atoms with E-state index in [1.165, 1.54) is 12.8 Å². The molecule has 2 rings (SSSR count). The van der Waals surface area contributed by atoms with Crippen LogP contribution in [0.25, 0.3) is 0 Å². The van der Waals surface area contributed by atoms with Gasteiger partial charge in [0.2, 0.25) is 0 Å². The summed E-state index contributed by atoms with van der Waals surface area (Å²) in [5.41, 5.74) is 0.630. The summed E-state index contributed by atoms with van der Waals surface area (Å²) >= 11 is 0. The third kappa shape index (κ3) is 5.27. The number of ether oxygens (including phenoxy) is 1. The van der Waals surface area contributed by atoms with Gasteiger partial charge in [-0.3, -0.25) is 4.79 Å². The number of anilines is 1. The number of rotatable bonds is 7. The van der Waals surface area contributed by atoms with Crippen LogP contribution in [0, 0.1) is 0 Å². The van der Waals surface area contributed by atoms with Gasteiger partial charge < -0.3 is 20.5 Å². The number of nitrogens with one attached hydrogen (secondary N) is 2. The summed E-state index contributed by atoms with van der Waals surface area (Å²) in [6, 6.07) is 6.99. The average Bonchev–Trinajstić information content (AvgIpc) is 2.98. The lowest BCUT2D eigenvalue weighted by Crippen LogP contribution is -2.30. The van der Waals surface area contributed by atoms with Crippen LogP contribution in [0.4, 0.5) is 10.5 Å². The highest BCUT2D eigenvalue weighted by atomic mass is 16.5. The number of carboxylic acids is 1. The second kappa shape index (κ2) is 8.26. The zero-order chi connectivity index (χ0) is 15.8. The molecule has 1 aromatic rings. The third-order valence-corrected chi connectivity index (χ3v) is 3.58. The van der Waals surface area contributed by atoms with E-state index in [1.54, 1.807) is 6.07 Å². The van der Waals surface area contributed by atoms with Gasteiger partial charge >= 0.3 is 12.0 Å². The Labute approximate surface area is 129 Å². The van der Waals surface area contributed by atoms with E-state index < -0.39 is 5.97 Å². The first kappa shape index (κ1) is 16.1. The Balaban J connectivity index is 1.83. The molecular weight excluding hydrogens is 284 g/mol. The highest BCUT2D eigenvalue weighted by molar-refractivity contribution is 5.90. The third-order valence-electron chi connectivity index (χ3n) is 3.58. The molecule has 0 aliphatic heterocycles. The first-order valence-electron chi connectivity index (χ1n) is 7.67. The Hall–Kier alpha value is -2.24. The molecule has 0 unspecified atom stereocenters. The second-order valence-corrected chi connectivity index (χ2v) is 5.40. The molecule has 6 nitrogen and oxygen atoms in total. The smallest absolute Gasteiger partial charge is 0.319 e. The van der Waals surface area contributed by atoms with E-state index in [0.29, 0.717) is 24.4 Å². The highest BCUT2D eigenvalue weighted by Gasteiger charge is 2.18. The minimum absolute atomic E-state index is 0.0433. The van der Waals surface area contributed by atoms with Crippen molar-refractivity contribution in [2.24, 2.45) is 0 Å². The summed E-state index contributed by atoms with van der Waals surface area (Å²) in [7, 11) is 0. The van der Waals surface area contributed by atoms with Crippen molar-refractivity contribution < 1.29 is 19.4 Å². The predicted octanol–water partition coefficient (Wildman–Crippen LogP) is 2.99. The largest absolute Gasteiger partial charge is 0.488 e. The number of urea groups is 1. The van der Waals surface area contributed by atoms with Crippen LogP contribution in [0.15, 0.2) is 24.3 Å². The SMILES string of the molecule is O=C(O)CCCNC(=O)Nc1ccccc1OC1CCCC1. The molecule has 1 aromatic carbocycles. The predicted molar refractivity (Wildman–Crippen MR) is 83.2 cm³/mol. The fraction of sp³-hybridized carbons (Fsp3) is 0.500. The van der Waals surface area contributed by atoms with Gasteiger partial charge in [-0.2, -0.15) is 0 Å². The Morgan fingerprint density at radius 3 is 2.68 bits per heavy atom.